The van der Waals surface area contributed by atoms with Gasteiger partial charge in [0.15, 0.2) is 0 Å². The van der Waals surface area contributed by atoms with Crippen molar-refractivity contribution in [1.82, 2.24) is 0 Å². The molecule has 0 spiro atoms. The Morgan fingerprint density at radius 1 is 0.500 bits per heavy atom. The van der Waals surface area contributed by atoms with Gasteiger partial charge < -0.3 is 5.11 Å². The summed E-state index contributed by atoms with van der Waals surface area (Å²) in [6.45, 7) is 4.58. The minimum atomic E-state index is 0.396. The van der Waals surface area contributed by atoms with Crippen molar-refractivity contribution in [2.75, 3.05) is 0 Å². The highest BCUT2D eigenvalue weighted by molar-refractivity contribution is 5.73. The Balaban J connectivity index is 1.93. The maximum absolute atomic E-state index is 10.5. The van der Waals surface area contributed by atoms with Crippen molar-refractivity contribution in [3.63, 3.8) is 0 Å². The van der Waals surface area contributed by atoms with Gasteiger partial charge >= 0.3 is 0 Å². The molecular weight excluding hydrogens is 412 g/mol. The van der Waals surface area contributed by atoms with E-state index in [1.54, 1.807) is 0 Å². The van der Waals surface area contributed by atoms with E-state index in [0.717, 1.165) is 5.56 Å². The van der Waals surface area contributed by atoms with Crippen LogP contribution in [0.4, 0.5) is 0 Å². The van der Waals surface area contributed by atoms with Gasteiger partial charge in [-0.05, 0) is 36.0 Å². The Bertz CT molecular complexity index is 750. The van der Waals surface area contributed by atoms with Crippen LogP contribution in [-0.2, 0) is 0 Å². The number of aromatic hydroxyl groups is 1. The quantitative estimate of drug-likeness (QED) is 0.193. The van der Waals surface area contributed by atoms with Gasteiger partial charge in [0.05, 0.1) is 0 Å². The lowest BCUT2D eigenvalue weighted by Crippen LogP contribution is -2.02. The van der Waals surface area contributed by atoms with Gasteiger partial charge in [-0.1, -0.05) is 159 Å². The van der Waals surface area contributed by atoms with Crippen LogP contribution in [0.15, 0.2) is 48.5 Å². The Morgan fingerprint density at radius 2 is 0.912 bits per heavy atom. The minimum Gasteiger partial charge on any atom is -0.507 e. The molecule has 0 fully saturated rings. The fourth-order valence-electron chi connectivity index (χ4n) is 5.30. The first kappa shape index (κ1) is 28.5. The molecule has 2 rings (SSSR count). The molecule has 0 radical (unpaired) electrons. The van der Waals surface area contributed by atoms with Crippen molar-refractivity contribution in [3.05, 3.63) is 54.1 Å². The maximum Gasteiger partial charge on any atom is 0.123 e. The van der Waals surface area contributed by atoms with Gasteiger partial charge in [0.2, 0.25) is 0 Å². The van der Waals surface area contributed by atoms with E-state index in [-0.39, 0.29) is 0 Å². The number of unbranched alkanes of at least 4 members (excludes halogenated alkanes) is 14. The van der Waals surface area contributed by atoms with Gasteiger partial charge in [0, 0.05) is 5.56 Å². The van der Waals surface area contributed by atoms with E-state index >= 15 is 0 Å². The number of phenols is 1. The number of hydrogen-bond donors (Lipinski definition) is 1. The van der Waals surface area contributed by atoms with Gasteiger partial charge in [-0.15, -0.1) is 0 Å². The van der Waals surface area contributed by atoms with Gasteiger partial charge in [0.1, 0.15) is 5.75 Å². The Morgan fingerprint density at radius 3 is 1.41 bits per heavy atom. The first-order chi connectivity index (χ1) is 16.8. The largest absolute Gasteiger partial charge is 0.507 e. The van der Waals surface area contributed by atoms with Crippen LogP contribution in [0.1, 0.15) is 141 Å². The molecule has 0 aliphatic heterocycles. The maximum atomic E-state index is 10.5. The van der Waals surface area contributed by atoms with Crippen LogP contribution in [0.25, 0.3) is 11.1 Å². The molecule has 1 nitrogen and oxygen atoms in total. The Kier molecular flexibility index (Phi) is 15.5. The first-order valence-corrected chi connectivity index (χ1v) is 14.6. The predicted molar refractivity (Wildman–Crippen MR) is 151 cm³/mol. The highest BCUT2D eigenvalue weighted by atomic mass is 16.3. The van der Waals surface area contributed by atoms with E-state index in [1.165, 1.54) is 127 Å². The molecule has 34 heavy (non-hydrogen) atoms. The third kappa shape index (κ3) is 11.1. The van der Waals surface area contributed by atoms with Crippen LogP contribution in [0.3, 0.4) is 0 Å². The first-order valence-electron chi connectivity index (χ1n) is 14.6. The molecule has 1 unspecified atom stereocenters. The number of phenolic OH excluding ortho intramolecular Hbond substituents is 1. The normalized spacial score (nSPS) is 12.2. The monoisotopic (exact) mass is 464 g/mol. The lowest BCUT2D eigenvalue weighted by Gasteiger charge is -2.21. The summed E-state index contributed by atoms with van der Waals surface area (Å²) in [4.78, 5) is 0. The summed E-state index contributed by atoms with van der Waals surface area (Å²) >= 11 is 0. The van der Waals surface area contributed by atoms with Gasteiger partial charge in [0.25, 0.3) is 0 Å². The highest BCUT2D eigenvalue weighted by Gasteiger charge is 2.17. The summed E-state index contributed by atoms with van der Waals surface area (Å²) in [5.74, 6) is 0.990. The number of para-hydroxylation sites is 1. The summed E-state index contributed by atoms with van der Waals surface area (Å²) in [5.41, 5.74) is 3.65. The fraction of sp³-hybridized carbons (Fsp3) is 0.636. The third-order valence-corrected chi connectivity index (χ3v) is 7.41. The molecule has 0 heterocycles. The Labute approximate surface area is 211 Å². The zero-order valence-corrected chi connectivity index (χ0v) is 22.4. The molecule has 190 valence electrons. The molecule has 0 saturated carbocycles. The van der Waals surface area contributed by atoms with Gasteiger partial charge in [-0.2, -0.15) is 0 Å². The molecule has 0 aromatic heterocycles. The molecule has 2 aromatic rings. The van der Waals surface area contributed by atoms with Crippen molar-refractivity contribution < 1.29 is 5.11 Å². The summed E-state index contributed by atoms with van der Waals surface area (Å²) < 4.78 is 0. The van der Waals surface area contributed by atoms with Crippen LogP contribution in [0, 0.1) is 0 Å². The Hall–Kier alpha value is -1.76. The summed E-state index contributed by atoms with van der Waals surface area (Å²) in [7, 11) is 0. The molecule has 0 saturated heterocycles. The van der Waals surface area contributed by atoms with Crippen molar-refractivity contribution in [2.45, 2.75) is 135 Å². The fourth-order valence-corrected chi connectivity index (χ4v) is 5.30. The zero-order chi connectivity index (χ0) is 24.3. The van der Waals surface area contributed by atoms with E-state index in [0.29, 0.717) is 11.7 Å². The predicted octanol–water partition coefficient (Wildman–Crippen LogP) is 11.2. The van der Waals surface area contributed by atoms with Crippen molar-refractivity contribution in [1.29, 1.82) is 0 Å². The zero-order valence-electron chi connectivity index (χ0n) is 22.4. The van der Waals surface area contributed by atoms with Crippen LogP contribution in [0.2, 0.25) is 0 Å². The summed E-state index contributed by atoms with van der Waals surface area (Å²) in [6.07, 6.45) is 24.6. The number of hydrogen-bond acceptors (Lipinski definition) is 1. The van der Waals surface area contributed by atoms with Gasteiger partial charge in [-0.25, -0.2) is 0 Å². The van der Waals surface area contributed by atoms with E-state index in [4.69, 9.17) is 0 Å². The molecule has 0 amide bonds. The topological polar surface area (TPSA) is 20.2 Å². The third-order valence-electron chi connectivity index (χ3n) is 7.41. The minimum absolute atomic E-state index is 0.396. The second-order valence-corrected chi connectivity index (χ2v) is 10.3. The molecular formula is C33H52O. The summed E-state index contributed by atoms with van der Waals surface area (Å²) in [5, 5.41) is 10.5. The van der Waals surface area contributed by atoms with E-state index in [1.807, 2.05) is 18.2 Å². The van der Waals surface area contributed by atoms with Crippen molar-refractivity contribution >= 4 is 0 Å². The molecule has 1 heteroatoms. The van der Waals surface area contributed by atoms with E-state index in [2.05, 4.69) is 44.2 Å². The SMILES string of the molecule is CCCCCCCCCCCC(CCCCCCCCC)c1ccccc1-c1ccccc1O. The van der Waals surface area contributed by atoms with Gasteiger partial charge in [-0.3, -0.25) is 0 Å². The molecule has 0 aliphatic rings. The van der Waals surface area contributed by atoms with Crippen molar-refractivity contribution in [2.24, 2.45) is 0 Å². The lowest BCUT2D eigenvalue weighted by atomic mass is 9.83. The highest BCUT2D eigenvalue weighted by Crippen LogP contribution is 2.38. The molecule has 0 aliphatic carbocycles. The second kappa shape index (κ2) is 18.6. The second-order valence-electron chi connectivity index (χ2n) is 10.3. The standard InChI is InChI=1S/C33H52O/c1-3-5-7-9-11-12-14-16-18-24-29(23-17-15-13-10-8-6-4-2)30-25-19-20-26-31(30)32-27-21-22-28-33(32)34/h19-22,25-29,34H,3-18,23-24H2,1-2H3. The molecule has 1 N–H and O–H groups in total. The number of benzene rings is 2. The molecule has 0 bridgehead atoms. The van der Waals surface area contributed by atoms with Crippen LogP contribution >= 0.6 is 0 Å². The lowest BCUT2D eigenvalue weighted by molar-refractivity contribution is 0.475. The average Bonchev–Trinajstić information content (AvgIpc) is 2.86. The van der Waals surface area contributed by atoms with Crippen LogP contribution in [0.5, 0.6) is 5.75 Å². The van der Waals surface area contributed by atoms with Crippen molar-refractivity contribution in [3.8, 4) is 16.9 Å². The smallest absolute Gasteiger partial charge is 0.123 e. The number of rotatable bonds is 20. The summed E-state index contributed by atoms with van der Waals surface area (Å²) in [6, 6.07) is 16.7. The molecule has 2 aromatic carbocycles. The average molecular weight is 465 g/mol. The molecule has 1 atom stereocenters. The van der Waals surface area contributed by atoms with E-state index < -0.39 is 0 Å². The van der Waals surface area contributed by atoms with E-state index in [9.17, 15) is 5.11 Å². The van der Waals surface area contributed by atoms with Crippen LogP contribution in [-0.4, -0.2) is 5.11 Å². The van der Waals surface area contributed by atoms with Crippen LogP contribution < -0.4 is 0 Å².